The van der Waals surface area contributed by atoms with E-state index in [0.29, 0.717) is 35.3 Å². The van der Waals surface area contributed by atoms with Crippen LogP contribution in [0.25, 0.3) is 0 Å². The minimum atomic E-state index is -0.582. The second kappa shape index (κ2) is 10.8. The number of aromatic nitrogens is 4. The number of aryl methyl sites for hydroxylation is 4. The van der Waals surface area contributed by atoms with Gasteiger partial charge in [-0.25, -0.2) is 0 Å². The second-order valence-corrected chi connectivity index (χ2v) is 10.3. The van der Waals surface area contributed by atoms with Gasteiger partial charge < -0.3 is 20.1 Å². The number of anilines is 2. The highest BCUT2D eigenvalue weighted by molar-refractivity contribution is 6.06. The lowest BCUT2D eigenvalue weighted by Crippen LogP contribution is -2.31. The maximum absolute atomic E-state index is 13.8. The van der Waals surface area contributed by atoms with E-state index in [9.17, 15) is 4.79 Å². The zero-order valence-electron chi connectivity index (χ0n) is 23.9. The van der Waals surface area contributed by atoms with Crippen LogP contribution in [-0.4, -0.2) is 33.2 Å². The van der Waals surface area contributed by atoms with E-state index < -0.39 is 6.04 Å². The third kappa shape index (κ3) is 5.02. The molecular formula is C31H34N6O3. The van der Waals surface area contributed by atoms with Gasteiger partial charge in [0.15, 0.2) is 11.5 Å². The lowest BCUT2D eigenvalue weighted by atomic mass is 9.94. The highest BCUT2D eigenvalue weighted by atomic mass is 16.5. The Hall–Kier alpha value is -4.66. The van der Waals surface area contributed by atoms with Crippen LogP contribution in [0.2, 0.25) is 0 Å². The number of fused-ring (bicyclic) bond motifs is 1. The lowest BCUT2D eigenvalue weighted by molar-refractivity contribution is -0.113. The molecule has 2 heterocycles. The van der Waals surface area contributed by atoms with Crippen LogP contribution in [0.4, 0.5) is 11.6 Å². The second-order valence-electron chi connectivity index (χ2n) is 10.3. The van der Waals surface area contributed by atoms with Gasteiger partial charge in [-0.1, -0.05) is 35.4 Å². The van der Waals surface area contributed by atoms with E-state index in [1.54, 1.807) is 11.8 Å². The molecule has 0 saturated heterocycles. The van der Waals surface area contributed by atoms with Crippen molar-refractivity contribution in [2.24, 2.45) is 0 Å². The molecule has 9 nitrogen and oxygen atoms in total. The van der Waals surface area contributed by atoms with Gasteiger partial charge >= 0.3 is 0 Å². The van der Waals surface area contributed by atoms with Crippen molar-refractivity contribution in [3.63, 3.8) is 0 Å². The molecule has 9 heteroatoms. The molecule has 0 spiro atoms. The number of hydrogen-bond acceptors (Lipinski definition) is 7. The van der Waals surface area contributed by atoms with Crippen molar-refractivity contribution in [2.45, 2.75) is 54.2 Å². The molecule has 1 amide bonds. The van der Waals surface area contributed by atoms with Crippen molar-refractivity contribution in [1.29, 1.82) is 0 Å². The Morgan fingerprint density at radius 1 is 0.950 bits per heavy atom. The molecular weight excluding hydrogens is 504 g/mol. The average Bonchev–Trinajstić information content (AvgIpc) is 3.39. The quantitative estimate of drug-likeness (QED) is 0.310. The van der Waals surface area contributed by atoms with Crippen LogP contribution >= 0.6 is 0 Å². The number of carbonyl (C=O) groups excluding carboxylic acids is 1. The van der Waals surface area contributed by atoms with Crippen molar-refractivity contribution in [1.82, 2.24) is 20.2 Å². The number of amides is 1. The molecule has 0 saturated carbocycles. The number of benzene rings is 3. The first-order chi connectivity index (χ1) is 19.2. The lowest BCUT2D eigenvalue weighted by Gasteiger charge is -2.28. The first-order valence-corrected chi connectivity index (χ1v) is 13.2. The smallest absolute Gasteiger partial charge is 0.255 e. The molecule has 5 rings (SSSR count). The Labute approximate surface area is 234 Å². The molecule has 1 aliphatic heterocycles. The summed E-state index contributed by atoms with van der Waals surface area (Å²) in [6.07, 6.45) is 0. The van der Waals surface area contributed by atoms with Gasteiger partial charge in [0, 0.05) is 11.4 Å². The number of tetrazole rings is 1. The highest BCUT2D eigenvalue weighted by Crippen LogP contribution is 2.39. The topological polar surface area (TPSA) is 103 Å². The number of nitrogens with zero attached hydrogens (tertiary/aromatic N) is 4. The van der Waals surface area contributed by atoms with Crippen LogP contribution in [0.5, 0.6) is 11.5 Å². The highest BCUT2D eigenvalue weighted by Gasteiger charge is 2.34. The fourth-order valence-corrected chi connectivity index (χ4v) is 5.00. The minimum absolute atomic E-state index is 0.241. The zero-order chi connectivity index (χ0) is 28.6. The summed E-state index contributed by atoms with van der Waals surface area (Å²) in [4.78, 5) is 13.8. The molecule has 0 bridgehead atoms. The normalized spacial score (nSPS) is 14.4. The molecule has 0 fully saturated rings. The van der Waals surface area contributed by atoms with Crippen LogP contribution in [-0.2, 0) is 11.4 Å². The van der Waals surface area contributed by atoms with Gasteiger partial charge in [-0.3, -0.25) is 4.79 Å². The summed E-state index contributed by atoms with van der Waals surface area (Å²) < 4.78 is 13.6. The number of allylic oxidation sites excluding steroid dienone is 1. The van der Waals surface area contributed by atoms with Crippen molar-refractivity contribution in [2.75, 3.05) is 17.7 Å². The molecule has 1 aromatic heterocycles. The summed E-state index contributed by atoms with van der Waals surface area (Å²) in [7, 11) is 1.60. The zero-order valence-corrected chi connectivity index (χ0v) is 23.9. The standard InChI is InChI=1S/C31H34N6O3/c1-17-9-8-10-25(21(17)5)33-30(38)28-22(6)32-31-34-35-36-37(31)29(28)23-11-12-26(27(15-23)39-7)40-16-24-14-19(3)18(2)13-20(24)4/h8-15,29H,16H2,1-7H3,(H,33,38)(H,32,34,36). The van der Waals surface area contributed by atoms with E-state index in [1.807, 2.05) is 57.2 Å². The number of ether oxygens (including phenoxy) is 2. The van der Waals surface area contributed by atoms with Crippen molar-refractivity contribution in [3.05, 3.63) is 98.7 Å². The van der Waals surface area contributed by atoms with Crippen LogP contribution in [0.1, 0.15) is 51.9 Å². The molecule has 3 aromatic carbocycles. The molecule has 40 heavy (non-hydrogen) atoms. The summed E-state index contributed by atoms with van der Waals surface area (Å²) in [6.45, 7) is 12.6. The Balaban J connectivity index is 1.48. The Kier molecular flexibility index (Phi) is 7.30. The van der Waals surface area contributed by atoms with Gasteiger partial charge in [-0.15, -0.1) is 0 Å². The Morgan fingerprint density at radius 3 is 2.50 bits per heavy atom. The van der Waals surface area contributed by atoms with Crippen LogP contribution in [0, 0.1) is 34.6 Å². The van der Waals surface area contributed by atoms with Gasteiger partial charge in [0.1, 0.15) is 12.6 Å². The summed E-state index contributed by atoms with van der Waals surface area (Å²) in [5.41, 5.74) is 9.61. The predicted octanol–water partition coefficient (Wildman–Crippen LogP) is 5.73. The van der Waals surface area contributed by atoms with E-state index in [4.69, 9.17) is 9.47 Å². The fraction of sp³-hybridized carbons (Fsp3) is 0.290. The number of rotatable bonds is 7. The number of carbonyl (C=O) groups is 1. The van der Waals surface area contributed by atoms with Crippen LogP contribution in [0.3, 0.4) is 0 Å². The first kappa shape index (κ1) is 26.9. The number of hydrogen-bond donors (Lipinski definition) is 2. The van der Waals surface area contributed by atoms with E-state index in [2.05, 4.69) is 59.1 Å². The number of methoxy groups -OCH3 is 1. The molecule has 2 N–H and O–H groups in total. The molecule has 1 unspecified atom stereocenters. The monoisotopic (exact) mass is 538 g/mol. The molecule has 1 aliphatic rings. The van der Waals surface area contributed by atoms with Crippen LogP contribution < -0.4 is 20.1 Å². The largest absolute Gasteiger partial charge is 0.493 e. The summed E-state index contributed by atoms with van der Waals surface area (Å²) >= 11 is 0. The molecule has 0 aliphatic carbocycles. The molecule has 206 valence electrons. The van der Waals surface area contributed by atoms with Gasteiger partial charge in [0.2, 0.25) is 5.95 Å². The third-order valence-corrected chi connectivity index (χ3v) is 7.65. The first-order valence-electron chi connectivity index (χ1n) is 13.2. The maximum atomic E-state index is 13.8. The maximum Gasteiger partial charge on any atom is 0.255 e. The average molecular weight is 539 g/mol. The minimum Gasteiger partial charge on any atom is -0.493 e. The van der Waals surface area contributed by atoms with Gasteiger partial charge in [0.25, 0.3) is 5.91 Å². The molecule has 1 atom stereocenters. The summed E-state index contributed by atoms with van der Waals surface area (Å²) in [5.74, 6) is 1.38. The van der Waals surface area contributed by atoms with Gasteiger partial charge in [0.05, 0.1) is 12.7 Å². The van der Waals surface area contributed by atoms with E-state index in [-0.39, 0.29) is 5.91 Å². The van der Waals surface area contributed by atoms with Crippen molar-refractivity contribution >= 4 is 17.5 Å². The molecule has 4 aromatic rings. The summed E-state index contributed by atoms with van der Waals surface area (Å²) in [6, 6.07) is 15.3. The van der Waals surface area contributed by atoms with E-state index in [1.165, 1.54) is 16.7 Å². The predicted molar refractivity (Wildman–Crippen MR) is 155 cm³/mol. The van der Waals surface area contributed by atoms with Crippen LogP contribution in [0.15, 0.2) is 59.8 Å². The SMILES string of the molecule is COc1cc(C2C(C(=O)Nc3cccc(C)c3C)=C(C)Nc3nnnn32)ccc1OCc1cc(C)c(C)cc1C. The van der Waals surface area contributed by atoms with Crippen molar-refractivity contribution < 1.29 is 14.3 Å². The van der Waals surface area contributed by atoms with E-state index in [0.717, 1.165) is 27.9 Å². The van der Waals surface area contributed by atoms with Gasteiger partial charge in [-0.05, 0) is 109 Å². The third-order valence-electron chi connectivity index (χ3n) is 7.65. The number of nitrogens with one attached hydrogen (secondary N) is 2. The van der Waals surface area contributed by atoms with Crippen molar-refractivity contribution in [3.8, 4) is 11.5 Å². The Bertz CT molecular complexity index is 1640. The summed E-state index contributed by atoms with van der Waals surface area (Å²) in [5, 5.41) is 18.4. The fourth-order valence-electron chi connectivity index (χ4n) is 5.00. The van der Waals surface area contributed by atoms with Gasteiger partial charge in [-0.2, -0.15) is 4.68 Å². The van der Waals surface area contributed by atoms with E-state index >= 15 is 0 Å². The molecule has 0 radical (unpaired) electrons. The Morgan fingerprint density at radius 2 is 1.73 bits per heavy atom.